The summed E-state index contributed by atoms with van der Waals surface area (Å²) in [5.74, 6) is -0.203. The van der Waals surface area contributed by atoms with Crippen molar-refractivity contribution in [3.05, 3.63) is 58.6 Å². The summed E-state index contributed by atoms with van der Waals surface area (Å²) in [4.78, 5) is 27.7. The number of carbonyl (C=O) groups excluding carboxylic acids is 2. The fraction of sp³-hybridized carbons (Fsp3) is 0.440. The van der Waals surface area contributed by atoms with Crippen LogP contribution in [0.5, 0.6) is 0 Å². The molecule has 1 fully saturated rings. The minimum absolute atomic E-state index is 0.191. The van der Waals surface area contributed by atoms with Gasteiger partial charge >= 0.3 is 6.03 Å². The Bertz CT molecular complexity index is 1020. The quantitative estimate of drug-likeness (QED) is 0.667. The van der Waals surface area contributed by atoms with Gasteiger partial charge in [-0.25, -0.2) is 4.79 Å². The first-order valence-corrected chi connectivity index (χ1v) is 11.7. The first-order chi connectivity index (χ1) is 15.7. The Kier molecular flexibility index (Phi) is 6.93. The highest BCUT2D eigenvalue weighted by Gasteiger charge is 2.40. The van der Waals surface area contributed by atoms with Crippen molar-refractivity contribution in [2.45, 2.75) is 31.4 Å². The molecule has 2 atom stereocenters. The second-order valence-electron chi connectivity index (χ2n) is 9.55. The van der Waals surface area contributed by atoms with E-state index < -0.39 is 6.04 Å². The predicted octanol–water partition coefficient (Wildman–Crippen LogP) is 3.77. The topological polar surface area (TPSA) is 70.7 Å². The molecule has 0 bridgehead atoms. The summed E-state index contributed by atoms with van der Waals surface area (Å²) >= 11 is 5.93. The molecular weight excluding hydrogens is 440 g/mol. The number of fused-ring (bicyclic) bond motifs is 1. The number of hydrogen-bond acceptors (Lipinski definition) is 3. The van der Waals surface area contributed by atoms with Gasteiger partial charge in [-0.3, -0.25) is 4.79 Å². The third-order valence-corrected chi connectivity index (χ3v) is 6.95. The first-order valence-electron chi connectivity index (χ1n) is 11.3. The number of urea groups is 1. The van der Waals surface area contributed by atoms with Crippen molar-refractivity contribution in [1.82, 2.24) is 4.90 Å². The molecule has 2 heterocycles. The second kappa shape index (κ2) is 9.71. The second-order valence-corrected chi connectivity index (χ2v) is 9.99. The van der Waals surface area contributed by atoms with Gasteiger partial charge in [0.05, 0.1) is 33.3 Å². The summed E-state index contributed by atoms with van der Waals surface area (Å²) in [7, 11) is 6.11. The molecule has 2 aromatic carbocycles. The third-order valence-electron chi connectivity index (χ3n) is 6.70. The molecule has 0 saturated carbocycles. The Morgan fingerprint density at radius 3 is 2.36 bits per heavy atom. The van der Waals surface area contributed by atoms with Gasteiger partial charge in [0.1, 0.15) is 6.04 Å². The maximum absolute atomic E-state index is 13.2. The molecule has 2 N–H and O–H groups in total. The molecule has 0 unspecified atom stereocenters. The highest BCUT2D eigenvalue weighted by atomic mass is 35.5. The van der Waals surface area contributed by atoms with Crippen LogP contribution in [0.2, 0.25) is 5.02 Å². The van der Waals surface area contributed by atoms with Gasteiger partial charge in [-0.1, -0.05) is 17.7 Å². The van der Waals surface area contributed by atoms with Gasteiger partial charge in [0.2, 0.25) is 5.91 Å². The zero-order chi connectivity index (χ0) is 23.6. The summed E-state index contributed by atoms with van der Waals surface area (Å²) in [5, 5.41) is 6.48. The Labute approximate surface area is 200 Å². The van der Waals surface area contributed by atoms with E-state index in [2.05, 4.69) is 36.9 Å². The van der Waals surface area contributed by atoms with E-state index in [0.717, 1.165) is 36.1 Å². The van der Waals surface area contributed by atoms with Gasteiger partial charge in [0, 0.05) is 49.3 Å². The van der Waals surface area contributed by atoms with Gasteiger partial charge in [-0.2, -0.15) is 0 Å². The summed E-state index contributed by atoms with van der Waals surface area (Å²) in [6.07, 6.45) is 2.28. The number of carbonyl (C=O) groups is 2. The Morgan fingerprint density at radius 2 is 1.67 bits per heavy atom. The van der Waals surface area contributed by atoms with Gasteiger partial charge in [0.15, 0.2) is 0 Å². The lowest BCUT2D eigenvalue weighted by atomic mass is 10.0. The number of methoxy groups -OCH3 is 1. The van der Waals surface area contributed by atoms with E-state index >= 15 is 0 Å². The molecule has 0 aromatic heterocycles. The standard InChI is InChI=1S/C25H31ClN4O3/c1-30(2)12-10-17-4-7-21(14-18(17)11-13-30)27-24(31)23-15-22(33-3)16-29(23)25(32)28-20-8-5-19(26)6-9-20/h4-9,14,22-23H,10-13,15-16H2,1-3H3,(H-,27,28,31,32)/p+1/t22-,23-/m1/s1. The van der Waals surface area contributed by atoms with Crippen molar-refractivity contribution in [2.75, 3.05) is 51.5 Å². The average Bonchev–Trinajstić information content (AvgIpc) is 3.17. The number of nitrogens with one attached hydrogen (secondary N) is 2. The van der Waals surface area contributed by atoms with Crippen molar-refractivity contribution in [1.29, 1.82) is 0 Å². The van der Waals surface area contributed by atoms with Crippen LogP contribution in [-0.2, 0) is 22.4 Å². The number of nitrogens with zero attached hydrogens (tertiary/aromatic N) is 2. The lowest BCUT2D eigenvalue weighted by Gasteiger charge is -2.27. The van der Waals surface area contributed by atoms with Crippen LogP contribution in [0, 0.1) is 0 Å². The Hall–Kier alpha value is -2.61. The normalized spacial score (nSPS) is 21.8. The molecule has 176 valence electrons. The number of hydrogen-bond donors (Lipinski definition) is 2. The molecule has 2 aromatic rings. The van der Waals surface area contributed by atoms with E-state index in [1.807, 2.05) is 6.07 Å². The van der Waals surface area contributed by atoms with Crippen molar-refractivity contribution in [2.24, 2.45) is 0 Å². The van der Waals surface area contributed by atoms with Crippen LogP contribution < -0.4 is 10.6 Å². The van der Waals surface area contributed by atoms with Crippen LogP contribution in [0.4, 0.5) is 16.2 Å². The molecule has 0 aliphatic carbocycles. The summed E-state index contributed by atoms with van der Waals surface area (Å²) < 4.78 is 6.47. The van der Waals surface area contributed by atoms with Crippen LogP contribution >= 0.6 is 11.6 Å². The lowest BCUT2D eigenvalue weighted by Crippen LogP contribution is -2.45. The molecule has 0 spiro atoms. The number of rotatable bonds is 4. The number of amides is 3. The van der Waals surface area contributed by atoms with E-state index in [-0.39, 0.29) is 18.0 Å². The van der Waals surface area contributed by atoms with Gasteiger partial charge in [0.25, 0.3) is 0 Å². The number of anilines is 2. The van der Waals surface area contributed by atoms with E-state index in [9.17, 15) is 9.59 Å². The van der Waals surface area contributed by atoms with E-state index in [0.29, 0.717) is 23.7 Å². The highest BCUT2D eigenvalue weighted by molar-refractivity contribution is 6.30. The molecule has 0 radical (unpaired) electrons. The number of ether oxygens (including phenoxy) is 1. The number of likely N-dealkylation sites (tertiary alicyclic amines) is 1. The van der Waals surface area contributed by atoms with Crippen LogP contribution in [0.1, 0.15) is 17.5 Å². The predicted molar refractivity (Wildman–Crippen MR) is 131 cm³/mol. The minimum atomic E-state index is -0.614. The van der Waals surface area contributed by atoms with Gasteiger partial charge < -0.3 is 24.8 Å². The van der Waals surface area contributed by atoms with E-state index in [1.54, 1.807) is 36.3 Å². The summed E-state index contributed by atoms with van der Waals surface area (Å²) in [6, 6.07) is 12.1. The third kappa shape index (κ3) is 5.66. The molecule has 3 amide bonds. The number of benzene rings is 2. The van der Waals surface area contributed by atoms with Crippen LogP contribution in [0.3, 0.4) is 0 Å². The SMILES string of the molecule is CO[C@@H]1C[C@H](C(=O)Nc2ccc3c(c2)CC[N+](C)(C)CC3)N(C(=O)Nc2ccc(Cl)cc2)C1. The molecular formula is C25H32ClN4O3+. The molecule has 8 heteroatoms. The average molecular weight is 472 g/mol. The molecule has 7 nitrogen and oxygen atoms in total. The Balaban J connectivity index is 1.46. The maximum Gasteiger partial charge on any atom is 0.322 e. The molecule has 33 heavy (non-hydrogen) atoms. The summed E-state index contributed by atoms with van der Waals surface area (Å²) in [5.41, 5.74) is 4.03. The zero-order valence-electron chi connectivity index (χ0n) is 19.4. The van der Waals surface area contributed by atoms with Crippen molar-refractivity contribution < 1.29 is 18.8 Å². The monoisotopic (exact) mass is 471 g/mol. The maximum atomic E-state index is 13.2. The fourth-order valence-electron chi connectivity index (χ4n) is 4.53. The van der Waals surface area contributed by atoms with Crippen LogP contribution in [0.15, 0.2) is 42.5 Å². The van der Waals surface area contributed by atoms with E-state index in [4.69, 9.17) is 16.3 Å². The van der Waals surface area contributed by atoms with Gasteiger partial charge in [-0.15, -0.1) is 0 Å². The van der Waals surface area contributed by atoms with Crippen molar-refractivity contribution in [3.63, 3.8) is 0 Å². The largest absolute Gasteiger partial charge is 0.380 e. The Morgan fingerprint density at radius 1 is 1.00 bits per heavy atom. The molecule has 1 saturated heterocycles. The first kappa shape index (κ1) is 23.5. The van der Waals surface area contributed by atoms with E-state index in [1.165, 1.54) is 11.1 Å². The number of quaternary nitrogens is 1. The van der Waals surface area contributed by atoms with Crippen LogP contribution in [-0.4, -0.2) is 74.3 Å². The van der Waals surface area contributed by atoms with Crippen molar-refractivity contribution in [3.8, 4) is 0 Å². The zero-order valence-corrected chi connectivity index (χ0v) is 20.2. The number of likely N-dealkylation sites (N-methyl/N-ethyl adjacent to an activating group) is 1. The summed E-state index contributed by atoms with van der Waals surface area (Å²) in [6.45, 7) is 2.53. The number of halogens is 1. The van der Waals surface area contributed by atoms with Crippen molar-refractivity contribution >= 4 is 34.9 Å². The van der Waals surface area contributed by atoms with Gasteiger partial charge in [-0.05, 0) is 47.5 Å². The molecule has 2 aliphatic heterocycles. The molecule has 4 rings (SSSR count). The highest BCUT2D eigenvalue weighted by Crippen LogP contribution is 2.26. The lowest BCUT2D eigenvalue weighted by molar-refractivity contribution is -0.889. The van der Waals surface area contributed by atoms with Crippen LogP contribution in [0.25, 0.3) is 0 Å². The molecule has 2 aliphatic rings. The minimum Gasteiger partial charge on any atom is -0.380 e. The smallest absolute Gasteiger partial charge is 0.322 e. The fourth-order valence-corrected chi connectivity index (χ4v) is 4.66.